The Bertz CT molecular complexity index is 171. The van der Waals surface area contributed by atoms with E-state index >= 15 is 0 Å². The molecule has 1 amide bonds. The number of likely N-dealkylation sites (N-methyl/N-ethyl adjacent to an activating group) is 1. The predicted octanol–water partition coefficient (Wildman–Crippen LogP) is 0.0376. The van der Waals surface area contributed by atoms with Crippen molar-refractivity contribution in [2.24, 2.45) is 11.7 Å². The van der Waals surface area contributed by atoms with Gasteiger partial charge in [0.05, 0.1) is 6.04 Å². The van der Waals surface area contributed by atoms with Crippen molar-refractivity contribution in [2.75, 3.05) is 27.2 Å². The normalized spacial score (nSPS) is 13.0. The molecular formula is C10H23N3O. The van der Waals surface area contributed by atoms with Crippen LogP contribution in [0.4, 0.5) is 0 Å². The molecule has 84 valence electrons. The molecule has 4 nitrogen and oxygen atoms in total. The highest BCUT2D eigenvalue weighted by Crippen LogP contribution is 2.02. The van der Waals surface area contributed by atoms with Gasteiger partial charge >= 0.3 is 0 Å². The zero-order valence-corrected chi connectivity index (χ0v) is 9.71. The Morgan fingerprint density at radius 1 is 1.50 bits per heavy atom. The van der Waals surface area contributed by atoms with Gasteiger partial charge < -0.3 is 16.0 Å². The van der Waals surface area contributed by atoms with Crippen molar-refractivity contribution in [1.82, 2.24) is 10.2 Å². The smallest absolute Gasteiger partial charge is 0.239 e. The predicted molar refractivity (Wildman–Crippen MR) is 59.0 cm³/mol. The van der Waals surface area contributed by atoms with Gasteiger partial charge in [0.1, 0.15) is 0 Å². The summed E-state index contributed by atoms with van der Waals surface area (Å²) in [5, 5.41) is 3.04. The zero-order valence-electron chi connectivity index (χ0n) is 9.71. The van der Waals surface area contributed by atoms with Crippen LogP contribution < -0.4 is 11.1 Å². The highest BCUT2D eigenvalue weighted by molar-refractivity contribution is 5.81. The minimum Gasteiger partial charge on any atom is -0.344 e. The fourth-order valence-electron chi connectivity index (χ4n) is 1.14. The van der Waals surface area contributed by atoms with E-state index in [1.54, 1.807) is 11.9 Å². The molecule has 0 saturated heterocycles. The molecule has 0 aliphatic heterocycles. The number of hydrogen-bond donors (Lipinski definition) is 2. The minimum atomic E-state index is -0.366. The van der Waals surface area contributed by atoms with Crippen LogP contribution in [0, 0.1) is 5.92 Å². The number of carbonyl (C=O) groups excluding carboxylic acids is 1. The summed E-state index contributed by atoms with van der Waals surface area (Å²) in [5.41, 5.74) is 5.76. The molecule has 0 aromatic heterocycles. The third-order valence-corrected chi connectivity index (χ3v) is 2.30. The molecular weight excluding hydrogens is 178 g/mol. The standard InChI is InChI=1S/C10H23N3O/c1-8(2)9(11)10(14)13(4)7-5-6-12-3/h8-9,12H,5-7,11H2,1-4H3. The molecule has 0 aliphatic rings. The lowest BCUT2D eigenvalue weighted by molar-refractivity contribution is -0.132. The first-order chi connectivity index (χ1) is 6.50. The Labute approximate surface area is 86.8 Å². The molecule has 0 aromatic rings. The Hall–Kier alpha value is -0.610. The Balaban J connectivity index is 3.86. The van der Waals surface area contributed by atoms with Crippen molar-refractivity contribution in [3.8, 4) is 0 Å². The van der Waals surface area contributed by atoms with E-state index < -0.39 is 0 Å². The van der Waals surface area contributed by atoms with Gasteiger partial charge in [0.2, 0.25) is 5.91 Å². The van der Waals surface area contributed by atoms with Crippen LogP contribution in [0.2, 0.25) is 0 Å². The molecule has 1 unspecified atom stereocenters. The molecule has 14 heavy (non-hydrogen) atoms. The molecule has 0 saturated carbocycles. The zero-order chi connectivity index (χ0) is 11.1. The maximum atomic E-state index is 11.7. The van der Waals surface area contributed by atoms with Crippen molar-refractivity contribution in [1.29, 1.82) is 0 Å². The number of nitrogens with one attached hydrogen (secondary N) is 1. The van der Waals surface area contributed by atoms with Crippen molar-refractivity contribution in [3.05, 3.63) is 0 Å². The van der Waals surface area contributed by atoms with Crippen LogP contribution in [0.5, 0.6) is 0 Å². The van der Waals surface area contributed by atoms with E-state index in [4.69, 9.17) is 5.73 Å². The summed E-state index contributed by atoms with van der Waals surface area (Å²) in [6, 6.07) is -0.366. The van der Waals surface area contributed by atoms with E-state index in [1.807, 2.05) is 20.9 Å². The number of amides is 1. The number of nitrogens with zero attached hydrogens (tertiary/aromatic N) is 1. The van der Waals surface area contributed by atoms with E-state index in [9.17, 15) is 4.79 Å². The molecule has 0 aliphatic carbocycles. The number of rotatable bonds is 6. The summed E-state index contributed by atoms with van der Waals surface area (Å²) in [6.45, 7) is 5.61. The first-order valence-electron chi connectivity index (χ1n) is 5.15. The third kappa shape index (κ3) is 4.58. The van der Waals surface area contributed by atoms with Crippen molar-refractivity contribution in [3.63, 3.8) is 0 Å². The van der Waals surface area contributed by atoms with E-state index in [2.05, 4.69) is 5.32 Å². The molecule has 3 N–H and O–H groups in total. The highest BCUT2D eigenvalue weighted by atomic mass is 16.2. The van der Waals surface area contributed by atoms with Gasteiger partial charge in [-0.3, -0.25) is 4.79 Å². The van der Waals surface area contributed by atoms with Crippen LogP contribution in [-0.2, 0) is 4.79 Å². The van der Waals surface area contributed by atoms with Crippen LogP contribution in [0.25, 0.3) is 0 Å². The quantitative estimate of drug-likeness (QED) is 0.596. The van der Waals surface area contributed by atoms with Gasteiger partial charge in [0.25, 0.3) is 0 Å². The lowest BCUT2D eigenvalue weighted by Crippen LogP contribution is -2.45. The Morgan fingerprint density at radius 2 is 2.07 bits per heavy atom. The summed E-state index contributed by atoms with van der Waals surface area (Å²) < 4.78 is 0. The summed E-state index contributed by atoms with van der Waals surface area (Å²) in [6.07, 6.45) is 0.962. The minimum absolute atomic E-state index is 0.0381. The SMILES string of the molecule is CNCCCN(C)C(=O)C(N)C(C)C. The molecule has 0 radical (unpaired) electrons. The Morgan fingerprint density at radius 3 is 2.50 bits per heavy atom. The maximum absolute atomic E-state index is 11.7. The average Bonchev–Trinajstić information content (AvgIpc) is 2.15. The molecule has 0 bridgehead atoms. The fourth-order valence-corrected chi connectivity index (χ4v) is 1.14. The summed E-state index contributed by atoms with van der Waals surface area (Å²) in [4.78, 5) is 13.4. The molecule has 0 heterocycles. The van der Waals surface area contributed by atoms with E-state index in [1.165, 1.54) is 0 Å². The van der Waals surface area contributed by atoms with E-state index in [-0.39, 0.29) is 17.9 Å². The molecule has 0 fully saturated rings. The van der Waals surface area contributed by atoms with Crippen molar-refractivity contribution >= 4 is 5.91 Å². The van der Waals surface area contributed by atoms with Gasteiger partial charge in [-0.25, -0.2) is 0 Å². The maximum Gasteiger partial charge on any atom is 0.239 e. The van der Waals surface area contributed by atoms with E-state index in [0.717, 1.165) is 19.5 Å². The number of nitrogens with two attached hydrogens (primary N) is 1. The molecule has 0 spiro atoms. The number of carbonyl (C=O) groups is 1. The lowest BCUT2D eigenvalue weighted by Gasteiger charge is -2.23. The average molecular weight is 201 g/mol. The molecule has 1 atom stereocenters. The summed E-state index contributed by atoms with van der Waals surface area (Å²) in [7, 11) is 3.71. The highest BCUT2D eigenvalue weighted by Gasteiger charge is 2.20. The monoisotopic (exact) mass is 201 g/mol. The van der Waals surface area contributed by atoms with Crippen LogP contribution in [-0.4, -0.2) is 44.0 Å². The second kappa shape index (κ2) is 6.79. The van der Waals surface area contributed by atoms with Gasteiger partial charge in [-0.05, 0) is 25.9 Å². The molecule has 0 rings (SSSR count). The van der Waals surface area contributed by atoms with E-state index in [0.29, 0.717) is 0 Å². The largest absolute Gasteiger partial charge is 0.344 e. The second-order valence-electron chi connectivity index (χ2n) is 3.99. The van der Waals surface area contributed by atoms with Gasteiger partial charge in [0.15, 0.2) is 0 Å². The fraction of sp³-hybridized carbons (Fsp3) is 0.900. The molecule has 0 aromatic carbocycles. The van der Waals surface area contributed by atoms with Gasteiger partial charge in [-0.2, -0.15) is 0 Å². The lowest BCUT2D eigenvalue weighted by atomic mass is 10.0. The summed E-state index contributed by atoms with van der Waals surface area (Å²) >= 11 is 0. The van der Waals surface area contributed by atoms with Crippen molar-refractivity contribution in [2.45, 2.75) is 26.3 Å². The third-order valence-electron chi connectivity index (χ3n) is 2.30. The van der Waals surface area contributed by atoms with Crippen LogP contribution >= 0.6 is 0 Å². The topological polar surface area (TPSA) is 58.4 Å². The van der Waals surface area contributed by atoms with Gasteiger partial charge in [-0.15, -0.1) is 0 Å². The van der Waals surface area contributed by atoms with Gasteiger partial charge in [0, 0.05) is 13.6 Å². The van der Waals surface area contributed by atoms with Crippen LogP contribution in [0.15, 0.2) is 0 Å². The second-order valence-corrected chi connectivity index (χ2v) is 3.99. The number of hydrogen-bond acceptors (Lipinski definition) is 3. The Kier molecular flexibility index (Phi) is 6.49. The van der Waals surface area contributed by atoms with Gasteiger partial charge in [-0.1, -0.05) is 13.8 Å². The molecule has 4 heteroatoms. The first-order valence-corrected chi connectivity index (χ1v) is 5.15. The van der Waals surface area contributed by atoms with Crippen LogP contribution in [0.1, 0.15) is 20.3 Å². The van der Waals surface area contributed by atoms with Crippen LogP contribution in [0.3, 0.4) is 0 Å². The summed E-state index contributed by atoms with van der Waals surface area (Å²) in [5.74, 6) is 0.241. The first kappa shape index (κ1) is 13.4. The van der Waals surface area contributed by atoms with Crippen molar-refractivity contribution < 1.29 is 4.79 Å².